The lowest BCUT2D eigenvalue weighted by Gasteiger charge is -2.05. The Labute approximate surface area is 154 Å². The molecule has 0 spiro atoms. The molecule has 0 saturated heterocycles. The first-order chi connectivity index (χ1) is 12.5. The van der Waals surface area contributed by atoms with Crippen LogP contribution in [0.25, 0.3) is 5.65 Å². The smallest absolute Gasteiger partial charge is 0.251 e. The molecule has 8 nitrogen and oxygen atoms in total. The van der Waals surface area contributed by atoms with E-state index in [9.17, 15) is 9.59 Å². The van der Waals surface area contributed by atoms with Crippen LogP contribution in [0, 0.1) is 6.92 Å². The van der Waals surface area contributed by atoms with Crippen molar-refractivity contribution in [2.75, 3.05) is 12.3 Å². The molecule has 3 aromatic rings. The van der Waals surface area contributed by atoms with Crippen molar-refractivity contribution in [2.24, 2.45) is 5.73 Å². The molecule has 2 aromatic heterocycles. The van der Waals surface area contributed by atoms with Gasteiger partial charge in [0.05, 0.1) is 5.75 Å². The van der Waals surface area contributed by atoms with Crippen LogP contribution in [0.2, 0.25) is 0 Å². The van der Waals surface area contributed by atoms with Crippen molar-refractivity contribution < 1.29 is 9.59 Å². The number of aryl methyl sites for hydroxylation is 1. The molecule has 0 fully saturated rings. The molecule has 0 aliphatic carbocycles. The Kier molecular flexibility index (Phi) is 5.47. The van der Waals surface area contributed by atoms with Crippen molar-refractivity contribution in [3.8, 4) is 0 Å². The molecule has 134 valence electrons. The second-order valence-corrected chi connectivity index (χ2v) is 6.68. The monoisotopic (exact) mass is 370 g/mol. The lowest BCUT2D eigenvalue weighted by molar-refractivity contribution is -0.115. The van der Waals surface area contributed by atoms with Gasteiger partial charge in [-0.25, -0.2) is 0 Å². The molecule has 0 radical (unpaired) electrons. The molecule has 2 heterocycles. The molecule has 0 saturated carbocycles. The molecule has 2 amide bonds. The number of amides is 2. The van der Waals surface area contributed by atoms with Gasteiger partial charge in [-0.3, -0.25) is 9.59 Å². The fourth-order valence-electron chi connectivity index (χ4n) is 2.29. The largest absolute Gasteiger partial charge is 0.369 e. The first-order valence-corrected chi connectivity index (χ1v) is 8.99. The average molecular weight is 370 g/mol. The predicted octanol–water partition coefficient (Wildman–Crippen LogP) is 0.983. The minimum Gasteiger partial charge on any atom is -0.369 e. The van der Waals surface area contributed by atoms with E-state index in [2.05, 4.69) is 20.6 Å². The highest BCUT2D eigenvalue weighted by molar-refractivity contribution is 7.99. The maximum absolute atomic E-state index is 12.1. The number of benzene rings is 1. The van der Waals surface area contributed by atoms with E-state index in [4.69, 9.17) is 5.73 Å². The fraction of sp³-hybridized carbons (Fsp3) is 0.235. The van der Waals surface area contributed by atoms with Crippen LogP contribution in [0.15, 0.2) is 41.4 Å². The van der Waals surface area contributed by atoms with Gasteiger partial charge >= 0.3 is 0 Å². The predicted molar refractivity (Wildman–Crippen MR) is 97.9 cm³/mol. The quantitative estimate of drug-likeness (QED) is 0.599. The molecule has 1 aromatic carbocycles. The van der Waals surface area contributed by atoms with Gasteiger partial charge in [0, 0.05) is 18.5 Å². The number of nitrogens with two attached hydrogens (primary N) is 1. The molecule has 0 atom stereocenters. The number of carbonyl (C=O) groups is 2. The summed E-state index contributed by atoms with van der Waals surface area (Å²) in [5.41, 5.74) is 7.48. The minimum absolute atomic E-state index is 0.135. The first kappa shape index (κ1) is 17.9. The number of carbonyl (C=O) groups excluding carboxylic acids is 2. The summed E-state index contributed by atoms with van der Waals surface area (Å²) in [7, 11) is 0. The van der Waals surface area contributed by atoms with Gasteiger partial charge in [0.2, 0.25) is 5.91 Å². The van der Waals surface area contributed by atoms with Crippen LogP contribution in [0.1, 0.15) is 21.7 Å². The molecule has 0 aliphatic heterocycles. The summed E-state index contributed by atoms with van der Waals surface area (Å²) in [5.74, 6) is 0.248. The number of rotatable bonds is 7. The Hall–Kier alpha value is -2.94. The third-order valence-corrected chi connectivity index (χ3v) is 4.56. The number of hydrogen-bond donors (Lipinski definition) is 2. The Balaban J connectivity index is 1.63. The summed E-state index contributed by atoms with van der Waals surface area (Å²) in [6, 6.07) is 10.9. The zero-order valence-corrected chi connectivity index (χ0v) is 15.0. The molecular formula is C17H18N6O2S. The Morgan fingerprint density at radius 2 is 1.92 bits per heavy atom. The van der Waals surface area contributed by atoms with Crippen LogP contribution in [-0.2, 0) is 11.2 Å². The third kappa shape index (κ3) is 4.37. The van der Waals surface area contributed by atoms with E-state index < -0.39 is 5.91 Å². The summed E-state index contributed by atoms with van der Waals surface area (Å²) in [5, 5.41) is 16.1. The maximum Gasteiger partial charge on any atom is 0.251 e. The van der Waals surface area contributed by atoms with Crippen LogP contribution in [0.5, 0.6) is 0 Å². The van der Waals surface area contributed by atoms with Crippen LogP contribution in [-0.4, -0.2) is 43.9 Å². The number of fused-ring (bicyclic) bond motifs is 1. The van der Waals surface area contributed by atoms with Crippen LogP contribution < -0.4 is 11.1 Å². The Morgan fingerprint density at radius 3 is 2.65 bits per heavy atom. The van der Waals surface area contributed by atoms with Crippen LogP contribution in [0.3, 0.4) is 0 Å². The summed E-state index contributed by atoms with van der Waals surface area (Å²) in [6.07, 6.45) is 0.482. The number of thioether (sulfide) groups is 1. The van der Waals surface area contributed by atoms with Gasteiger partial charge in [-0.05, 0) is 31.2 Å². The molecule has 3 N–H and O–H groups in total. The first-order valence-electron chi connectivity index (χ1n) is 8.00. The van der Waals surface area contributed by atoms with Crippen molar-refractivity contribution in [3.63, 3.8) is 0 Å². The van der Waals surface area contributed by atoms with E-state index >= 15 is 0 Å². The molecule has 3 rings (SSSR count). The molecule has 26 heavy (non-hydrogen) atoms. The Bertz CT molecular complexity index is 938. The van der Waals surface area contributed by atoms with Gasteiger partial charge in [0.1, 0.15) is 5.03 Å². The minimum atomic E-state index is -0.403. The zero-order chi connectivity index (χ0) is 18.5. The summed E-state index contributed by atoms with van der Waals surface area (Å²) in [6.45, 7) is 2.38. The lowest BCUT2D eigenvalue weighted by atomic mass is 10.1. The van der Waals surface area contributed by atoms with Crippen molar-refractivity contribution in [3.05, 3.63) is 53.3 Å². The van der Waals surface area contributed by atoms with E-state index in [0.717, 1.165) is 5.56 Å². The summed E-state index contributed by atoms with van der Waals surface area (Å²) in [4.78, 5) is 23.0. The van der Waals surface area contributed by atoms with Crippen LogP contribution >= 0.6 is 11.8 Å². The van der Waals surface area contributed by atoms with Crippen molar-refractivity contribution in [1.82, 2.24) is 25.1 Å². The molecule has 0 bridgehead atoms. The number of nitrogens with zero attached hydrogens (tertiary/aromatic N) is 4. The second-order valence-electron chi connectivity index (χ2n) is 5.68. The number of aromatic nitrogens is 4. The Morgan fingerprint density at radius 1 is 1.15 bits per heavy atom. The summed E-state index contributed by atoms with van der Waals surface area (Å²) >= 11 is 1.25. The van der Waals surface area contributed by atoms with Crippen molar-refractivity contribution in [1.29, 1.82) is 0 Å². The number of primary amides is 1. The standard InChI is InChI=1S/C17H18N6O2S/c1-11-2-4-12(5-3-11)17(25)19-9-8-15-21-20-14-6-7-16(22-23(14)15)26-10-13(18)24/h2-7H,8-10H2,1H3,(H2,18,24)(H,19,25). The maximum atomic E-state index is 12.1. The van der Waals surface area contributed by atoms with E-state index in [0.29, 0.717) is 35.0 Å². The number of nitrogens with one attached hydrogen (secondary N) is 1. The van der Waals surface area contributed by atoms with Gasteiger partial charge in [0.15, 0.2) is 11.5 Å². The average Bonchev–Trinajstić information content (AvgIpc) is 3.03. The molecule has 0 unspecified atom stereocenters. The molecular weight excluding hydrogens is 352 g/mol. The lowest BCUT2D eigenvalue weighted by Crippen LogP contribution is -2.26. The van der Waals surface area contributed by atoms with Crippen LogP contribution in [0.4, 0.5) is 0 Å². The van der Waals surface area contributed by atoms with E-state index in [-0.39, 0.29) is 11.7 Å². The SMILES string of the molecule is Cc1ccc(C(=O)NCCc2nnc3ccc(SCC(N)=O)nn23)cc1. The topological polar surface area (TPSA) is 115 Å². The van der Waals surface area contributed by atoms with Gasteiger partial charge in [-0.15, -0.1) is 10.2 Å². The van der Waals surface area contributed by atoms with Crippen molar-refractivity contribution in [2.45, 2.75) is 18.4 Å². The normalized spacial score (nSPS) is 10.8. The molecule has 0 aliphatic rings. The highest BCUT2D eigenvalue weighted by Crippen LogP contribution is 2.15. The summed E-state index contributed by atoms with van der Waals surface area (Å²) < 4.78 is 1.61. The van der Waals surface area contributed by atoms with Gasteiger partial charge in [0.25, 0.3) is 5.91 Å². The van der Waals surface area contributed by atoms with E-state index in [1.807, 2.05) is 19.1 Å². The molecule has 9 heteroatoms. The zero-order valence-electron chi connectivity index (χ0n) is 14.2. The van der Waals surface area contributed by atoms with Gasteiger partial charge < -0.3 is 11.1 Å². The third-order valence-electron chi connectivity index (χ3n) is 3.61. The van der Waals surface area contributed by atoms with E-state index in [1.165, 1.54) is 11.8 Å². The number of hydrogen-bond acceptors (Lipinski definition) is 6. The van der Waals surface area contributed by atoms with E-state index in [1.54, 1.807) is 28.8 Å². The van der Waals surface area contributed by atoms with Crippen molar-refractivity contribution >= 4 is 29.2 Å². The second kappa shape index (κ2) is 7.96. The van der Waals surface area contributed by atoms with Gasteiger partial charge in [-0.1, -0.05) is 29.5 Å². The highest BCUT2D eigenvalue weighted by Gasteiger charge is 2.10. The fourth-order valence-corrected chi connectivity index (χ4v) is 2.88. The highest BCUT2D eigenvalue weighted by atomic mass is 32.2. The van der Waals surface area contributed by atoms with Gasteiger partial charge in [-0.2, -0.15) is 9.61 Å².